The van der Waals surface area contributed by atoms with Gasteiger partial charge in [-0.3, -0.25) is 9.20 Å². The maximum atomic E-state index is 12.8. The zero-order valence-electron chi connectivity index (χ0n) is 17.6. The molecule has 1 aliphatic heterocycles. The van der Waals surface area contributed by atoms with Gasteiger partial charge in [0.25, 0.3) is 5.56 Å². The van der Waals surface area contributed by atoms with Crippen molar-refractivity contribution >= 4 is 16.3 Å². The van der Waals surface area contributed by atoms with Gasteiger partial charge in [-0.25, -0.2) is 4.98 Å². The standard InChI is InChI=1S/C23H27N3O3S/c1-14-17(22(27)26-8-9-30-23(26)24-14)6-7-25-12-16-10-18(19(16)13-25)15-4-5-20(28-2)21(11-15)29-3/h4-5,8-9,11,16,18-19H,6-7,10,12-13H2,1-3H3. The second-order valence-corrected chi connectivity index (χ2v) is 9.30. The van der Waals surface area contributed by atoms with Gasteiger partial charge in [-0.15, -0.1) is 11.3 Å². The fraction of sp³-hybridized carbons (Fsp3) is 0.478. The molecule has 0 amide bonds. The molecule has 0 radical (unpaired) electrons. The van der Waals surface area contributed by atoms with Crippen LogP contribution in [0.15, 0.2) is 34.6 Å². The molecule has 1 aliphatic carbocycles. The van der Waals surface area contributed by atoms with Crippen LogP contribution in [0.3, 0.4) is 0 Å². The Kier molecular flexibility index (Phi) is 5.03. The molecule has 3 aromatic rings. The van der Waals surface area contributed by atoms with Crippen LogP contribution in [0.1, 0.15) is 29.2 Å². The van der Waals surface area contributed by atoms with E-state index in [1.165, 1.54) is 23.3 Å². The highest BCUT2D eigenvalue weighted by molar-refractivity contribution is 7.15. The fourth-order valence-corrected chi connectivity index (χ4v) is 5.98. The Morgan fingerprint density at radius 1 is 1.20 bits per heavy atom. The van der Waals surface area contributed by atoms with E-state index in [1.54, 1.807) is 18.6 Å². The number of rotatable bonds is 6. The van der Waals surface area contributed by atoms with Crippen molar-refractivity contribution < 1.29 is 9.47 Å². The van der Waals surface area contributed by atoms with Crippen molar-refractivity contribution in [3.05, 3.63) is 57.0 Å². The predicted octanol–water partition coefficient (Wildman–Crippen LogP) is 3.36. The molecule has 6 nitrogen and oxygen atoms in total. The highest BCUT2D eigenvalue weighted by Gasteiger charge is 2.47. The van der Waals surface area contributed by atoms with E-state index in [0.29, 0.717) is 11.8 Å². The van der Waals surface area contributed by atoms with Crippen LogP contribution < -0.4 is 15.0 Å². The zero-order chi connectivity index (χ0) is 20.8. The molecular formula is C23H27N3O3S. The molecule has 2 aromatic heterocycles. The number of benzene rings is 1. The minimum absolute atomic E-state index is 0.0872. The Morgan fingerprint density at radius 2 is 2.03 bits per heavy atom. The van der Waals surface area contributed by atoms with Crippen LogP contribution >= 0.6 is 11.3 Å². The minimum atomic E-state index is 0.0872. The van der Waals surface area contributed by atoms with Gasteiger partial charge in [0.1, 0.15) is 0 Å². The summed E-state index contributed by atoms with van der Waals surface area (Å²) < 4.78 is 12.5. The molecule has 1 saturated carbocycles. The molecular weight excluding hydrogens is 398 g/mol. The van der Waals surface area contributed by atoms with Gasteiger partial charge in [-0.05, 0) is 55.2 Å². The number of likely N-dealkylation sites (tertiary alicyclic amines) is 1. The third-order valence-corrected chi connectivity index (χ3v) is 7.68. The number of hydrogen-bond donors (Lipinski definition) is 0. The van der Waals surface area contributed by atoms with Crippen LogP contribution in [-0.2, 0) is 6.42 Å². The molecule has 0 N–H and O–H groups in total. The molecule has 5 rings (SSSR count). The second-order valence-electron chi connectivity index (χ2n) is 8.43. The molecule has 1 saturated heterocycles. The van der Waals surface area contributed by atoms with Crippen molar-refractivity contribution in [2.24, 2.45) is 11.8 Å². The third-order valence-electron chi connectivity index (χ3n) is 6.92. The van der Waals surface area contributed by atoms with E-state index in [0.717, 1.165) is 59.7 Å². The Bertz CT molecular complexity index is 1140. The van der Waals surface area contributed by atoms with E-state index < -0.39 is 0 Å². The summed E-state index contributed by atoms with van der Waals surface area (Å²) in [6, 6.07) is 6.32. The van der Waals surface area contributed by atoms with Crippen molar-refractivity contribution in [1.29, 1.82) is 0 Å². The van der Waals surface area contributed by atoms with E-state index in [4.69, 9.17) is 9.47 Å². The number of nitrogens with zero attached hydrogens (tertiary/aromatic N) is 3. The lowest BCUT2D eigenvalue weighted by Gasteiger charge is -2.40. The van der Waals surface area contributed by atoms with Gasteiger partial charge in [-0.1, -0.05) is 6.07 Å². The molecule has 158 valence electrons. The van der Waals surface area contributed by atoms with Gasteiger partial charge in [0, 0.05) is 42.5 Å². The summed E-state index contributed by atoms with van der Waals surface area (Å²) in [7, 11) is 3.36. The molecule has 1 aromatic carbocycles. The number of methoxy groups -OCH3 is 2. The van der Waals surface area contributed by atoms with Crippen molar-refractivity contribution in [3.8, 4) is 11.5 Å². The van der Waals surface area contributed by atoms with Crippen LogP contribution in [-0.4, -0.2) is 48.1 Å². The predicted molar refractivity (Wildman–Crippen MR) is 118 cm³/mol. The number of aryl methyl sites for hydroxylation is 1. The van der Waals surface area contributed by atoms with Gasteiger partial charge in [-0.2, -0.15) is 0 Å². The first-order valence-electron chi connectivity index (χ1n) is 10.5. The maximum absolute atomic E-state index is 12.8. The molecule has 3 unspecified atom stereocenters. The molecule has 0 spiro atoms. The van der Waals surface area contributed by atoms with Gasteiger partial charge >= 0.3 is 0 Å². The molecule has 2 fully saturated rings. The number of hydrogen-bond acceptors (Lipinski definition) is 6. The van der Waals surface area contributed by atoms with Gasteiger partial charge < -0.3 is 14.4 Å². The topological polar surface area (TPSA) is 56.1 Å². The molecule has 3 heterocycles. The van der Waals surface area contributed by atoms with Crippen molar-refractivity contribution in [1.82, 2.24) is 14.3 Å². The average Bonchev–Trinajstić information content (AvgIpc) is 3.33. The summed E-state index contributed by atoms with van der Waals surface area (Å²) >= 11 is 1.50. The molecule has 7 heteroatoms. The summed E-state index contributed by atoms with van der Waals surface area (Å²) in [6.07, 6.45) is 3.81. The number of fused-ring (bicyclic) bond motifs is 2. The van der Waals surface area contributed by atoms with Crippen molar-refractivity contribution in [2.75, 3.05) is 33.9 Å². The van der Waals surface area contributed by atoms with E-state index in [2.05, 4.69) is 22.0 Å². The fourth-order valence-electron chi connectivity index (χ4n) is 5.22. The normalized spacial score (nSPS) is 23.4. The zero-order valence-corrected chi connectivity index (χ0v) is 18.4. The summed E-state index contributed by atoms with van der Waals surface area (Å²) in [5.74, 6) is 3.60. The number of ether oxygens (including phenoxy) is 2. The van der Waals surface area contributed by atoms with Crippen molar-refractivity contribution in [2.45, 2.75) is 25.7 Å². The van der Waals surface area contributed by atoms with Gasteiger partial charge in [0.2, 0.25) is 0 Å². The highest BCUT2D eigenvalue weighted by atomic mass is 32.1. The second kappa shape index (κ2) is 7.71. The van der Waals surface area contributed by atoms with Crippen molar-refractivity contribution in [3.63, 3.8) is 0 Å². The number of thiazole rings is 1. The third kappa shape index (κ3) is 3.20. The Hall–Kier alpha value is -2.38. The van der Waals surface area contributed by atoms with E-state index in [9.17, 15) is 4.79 Å². The monoisotopic (exact) mass is 425 g/mol. The average molecular weight is 426 g/mol. The van der Waals surface area contributed by atoms with Gasteiger partial charge in [0.15, 0.2) is 16.5 Å². The first kappa shape index (κ1) is 19.6. The maximum Gasteiger partial charge on any atom is 0.261 e. The van der Waals surface area contributed by atoms with Crippen LogP contribution in [0.25, 0.3) is 4.96 Å². The minimum Gasteiger partial charge on any atom is -0.493 e. The first-order valence-corrected chi connectivity index (χ1v) is 11.4. The molecule has 0 bridgehead atoms. The smallest absolute Gasteiger partial charge is 0.261 e. The van der Waals surface area contributed by atoms with Crippen LogP contribution in [0.5, 0.6) is 11.5 Å². The van der Waals surface area contributed by atoms with E-state index in [1.807, 2.05) is 24.6 Å². The molecule has 3 atom stereocenters. The lowest BCUT2D eigenvalue weighted by Crippen LogP contribution is -2.33. The van der Waals surface area contributed by atoms with Crippen LogP contribution in [0, 0.1) is 18.8 Å². The van der Waals surface area contributed by atoms with Crippen LogP contribution in [0.4, 0.5) is 0 Å². The SMILES string of the molecule is COc1ccc(C2CC3CN(CCc4c(C)nc5sccn5c4=O)CC32)cc1OC. The van der Waals surface area contributed by atoms with Gasteiger partial charge in [0.05, 0.1) is 14.2 Å². The highest BCUT2D eigenvalue weighted by Crippen LogP contribution is 2.52. The Labute approximate surface area is 180 Å². The summed E-state index contributed by atoms with van der Waals surface area (Å²) in [6.45, 7) is 5.10. The number of aromatic nitrogens is 2. The summed E-state index contributed by atoms with van der Waals surface area (Å²) in [4.78, 5) is 20.7. The lowest BCUT2D eigenvalue weighted by molar-refractivity contribution is 0.190. The summed E-state index contributed by atoms with van der Waals surface area (Å²) in [5.41, 5.74) is 3.15. The lowest BCUT2D eigenvalue weighted by atomic mass is 9.64. The first-order chi connectivity index (χ1) is 14.6. The molecule has 2 aliphatic rings. The van der Waals surface area contributed by atoms with E-state index in [-0.39, 0.29) is 5.56 Å². The Balaban J connectivity index is 1.26. The quantitative estimate of drug-likeness (QED) is 0.606. The van der Waals surface area contributed by atoms with E-state index >= 15 is 0 Å². The summed E-state index contributed by atoms with van der Waals surface area (Å²) in [5, 5.41) is 1.92. The van der Waals surface area contributed by atoms with Crippen LogP contribution in [0.2, 0.25) is 0 Å². The molecule has 30 heavy (non-hydrogen) atoms. The Morgan fingerprint density at radius 3 is 2.83 bits per heavy atom. The largest absolute Gasteiger partial charge is 0.493 e.